The van der Waals surface area contributed by atoms with Crippen LogP contribution in [0.1, 0.15) is 31.7 Å². The van der Waals surface area contributed by atoms with Gasteiger partial charge in [0.15, 0.2) is 0 Å². The lowest BCUT2D eigenvalue weighted by atomic mass is 10.1. The first-order valence-corrected chi connectivity index (χ1v) is 8.62. The number of anilines is 2. The quantitative estimate of drug-likeness (QED) is 0.894. The Morgan fingerprint density at radius 3 is 2.83 bits per heavy atom. The fourth-order valence-electron chi connectivity index (χ4n) is 3.91. The normalized spacial score (nSPS) is 25.0. The molecular weight excluding hydrogens is 290 g/mol. The van der Waals surface area contributed by atoms with Crippen molar-refractivity contribution in [3.63, 3.8) is 0 Å². The van der Waals surface area contributed by atoms with Gasteiger partial charge in [-0.2, -0.15) is 0 Å². The fraction of sp³-hybridized carbons (Fsp3) is 0.611. The summed E-state index contributed by atoms with van der Waals surface area (Å²) in [5.74, 6) is 0.743. The molecule has 2 fully saturated rings. The van der Waals surface area contributed by atoms with E-state index in [4.69, 9.17) is 5.11 Å². The van der Waals surface area contributed by atoms with Crippen LogP contribution in [0, 0.1) is 12.8 Å². The summed E-state index contributed by atoms with van der Waals surface area (Å²) in [6.07, 6.45) is 2.92. The number of amides is 1. The van der Waals surface area contributed by atoms with E-state index in [1.54, 1.807) is 0 Å². The van der Waals surface area contributed by atoms with Gasteiger partial charge in [0.1, 0.15) is 0 Å². The lowest BCUT2D eigenvalue weighted by Crippen LogP contribution is -2.33. The van der Waals surface area contributed by atoms with Gasteiger partial charge < -0.3 is 14.9 Å². The van der Waals surface area contributed by atoms with E-state index in [2.05, 4.69) is 28.1 Å². The molecule has 5 heteroatoms. The Balaban J connectivity index is 1.60. The Morgan fingerprint density at radius 2 is 2.17 bits per heavy atom. The topological polar surface area (TPSA) is 55.8 Å². The Hall–Kier alpha value is -1.75. The number of carboxylic acid groups (broad SMARTS) is 1. The molecule has 23 heavy (non-hydrogen) atoms. The highest BCUT2D eigenvalue weighted by atomic mass is 16.4. The van der Waals surface area contributed by atoms with E-state index in [9.17, 15) is 4.79 Å². The summed E-state index contributed by atoms with van der Waals surface area (Å²) in [6, 6.07) is 6.73. The van der Waals surface area contributed by atoms with Crippen LogP contribution in [0.2, 0.25) is 0 Å². The van der Waals surface area contributed by atoms with Crippen LogP contribution >= 0.6 is 0 Å². The zero-order chi connectivity index (χ0) is 16.4. The molecule has 0 aliphatic carbocycles. The number of rotatable bonds is 4. The van der Waals surface area contributed by atoms with Gasteiger partial charge in [0.25, 0.3) is 0 Å². The monoisotopic (exact) mass is 317 g/mol. The molecule has 0 spiro atoms. The van der Waals surface area contributed by atoms with Crippen LogP contribution in [0.25, 0.3) is 0 Å². The van der Waals surface area contributed by atoms with Crippen LogP contribution in [0.5, 0.6) is 0 Å². The van der Waals surface area contributed by atoms with Crippen molar-refractivity contribution in [3.05, 3.63) is 23.8 Å². The molecule has 2 atom stereocenters. The van der Waals surface area contributed by atoms with Gasteiger partial charge in [-0.15, -0.1) is 0 Å². The zero-order valence-corrected chi connectivity index (χ0v) is 14.1. The summed E-state index contributed by atoms with van der Waals surface area (Å²) in [6.45, 7) is 8.97. The highest BCUT2D eigenvalue weighted by molar-refractivity contribution is 5.84. The Bertz CT molecular complexity index is 575. The van der Waals surface area contributed by atoms with E-state index >= 15 is 0 Å². The number of nitrogens with zero attached hydrogens (tertiary/aromatic N) is 2. The molecule has 2 N–H and O–H groups in total. The van der Waals surface area contributed by atoms with E-state index in [-0.39, 0.29) is 0 Å². The molecule has 0 radical (unpaired) electrons. The van der Waals surface area contributed by atoms with E-state index in [0.29, 0.717) is 5.69 Å². The molecule has 2 heterocycles. The summed E-state index contributed by atoms with van der Waals surface area (Å²) in [4.78, 5) is 15.8. The second-order valence-electron chi connectivity index (χ2n) is 7.02. The third kappa shape index (κ3) is 3.78. The van der Waals surface area contributed by atoms with Crippen LogP contribution in [0.4, 0.5) is 16.2 Å². The maximum Gasteiger partial charge on any atom is 0.409 e. The number of nitrogens with one attached hydrogen (secondary N) is 1. The highest BCUT2D eigenvalue weighted by Gasteiger charge is 2.28. The second-order valence-corrected chi connectivity index (χ2v) is 7.02. The Kier molecular flexibility index (Phi) is 4.76. The number of hydrogen-bond donors (Lipinski definition) is 2. The van der Waals surface area contributed by atoms with Gasteiger partial charge in [0.05, 0.1) is 0 Å². The van der Waals surface area contributed by atoms with Gasteiger partial charge in [-0.1, -0.05) is 0 Å². The first-order chi connectivity index (χ1) is 11.0. The van der Waals surface area contributed by atoms with Gasteiger partial charge in [0, 0.05) is 37.1 Å². The highest BCUT2D eigenvalue weighted by Crippen LogP contribution is 2.29. The number of aryl methyl sites for hydroxylation is 1. The van der Waals surface area contributed by atoms with Gasteiger partial charge in [-0.05, 0) is 69.3 Å². The van der Waals surface area contributed by atoms with E-state index in [1.165, 1.54) is 38.0 Å². The van der Waals surface area contributed by atoms with Gasteiger partial charge in [-0.3, -0.25) is 5.32 Å². The van der Waals surface area contributed by atoms with Crippen LogP contribution in [-0.4, -0.2) is 48.3 Å². The minimum Gasteiger partial charge on any atom is -0.465 e. The molecule has 1 aromatic carbocycles. The molecule has 5 nitrogen and oxygen atoms in total. The number of likely N-dealkylation sites (tertiary alicyclic amines) is 1. The third-order valence-corrected chi connectivity index (χ3v) is 5.29. The molecule has 126 valence electrons. The van der Waals surface area contributed by atoms with Gasteiger partial charge >= 0.3 is 6.09 Å². The lowest BCUT2D eigenvalue weighted by Gasteiger charge is -2.25. The van der Waals surface area contributed by atoms with Crippen LogP contribution in [0.15, 0.2) is 18.2 Å². The van der Waals surface area contributed by atoms with Crippen molar-refractivity contribution in [1.29, 1.82) is 0 Å². The first kappa shape index (κ1) is 16.1. The maximum absolute atomic E-state index is 10.8. The first-order valence-electron chi connectivity index (χ1n) is 8.62. The van der Waals surface area contributed by atoms with E-state index in [1.807, 2.05) is 19.1 Å². The predicted molar refractivity (Wildman–Crippen MR) is 93.4 cm³/mol. The van der Waals surface area contributed by atoms with Crippen molar-refractivity contribution in [2.45, 2.75) is 39.2 Å². The average molecular weight is 317 g/mol. The molecule has 0 saturated carbocycles. The average Bonchev–Trinajstić information content (AvgIpc) is 3.11. The van der Waals surface area contributed by atoms with Gasteiger partial charge in [0.2, 0.25) is 0 Å². The zero-order valence-electron chi connectivity index (χ0n) is 14.1. The maximum atomic E-state index is 10.8. The smallest absolute Gasteiger partial charge is 0.409 e. The van der Waals surface area contributed by atoms with Crippen molar-refractivity contribution < 1.29 is 9.90 Å². The fourth-order valence-corrected chi connectivity index (χ4v) is 3.91. The van der Waals surface area contributed by atoms with Crippen LogP contribution in [-0.2, 0) is 0 Å². The van der Waals surface area contributed by atoms with E-state index < -0.39 is 6.09 Å². The number of benzene rings is 1. The minimum absolute atomic E-state index is 0.669. The minimum atomic E-state index is -1.01. The predicted octanol–water partition coefficient (Wildman–Crippen LogP) is 3.40. The van der Waals surface area contributed by atoms with E-state index in [0.717, 1.165) is 30.6 Å². The molecule has 0 aromatic heterocycles. The summed E-state index contributed by atoms with van der Waals surface area (Å²) >= 11 is 0. The SMILES string of the molecule is Cc1cc(N2CC[C@H](CN3CCC[C@@H]3C)C2)ccc1NC(=O)O. The summed E-state index contributed by atoms with van der Waals surface area (Å²) in [5.41, 5.74) is 2.85. The lowest BCUT2D eigenvalue weighted by molar-refractivity contribution is 0.209. The van der Waals surface area contributed by atoms with Crippen molar-refractivity contribution >= 4 is 17.5 Å². The largest absolute Gasteiger partial charge is 0.465 e. The van der Waals surface area contributed by atoms with Crippen molar-refractivity contribution in [2.24, 2.45) is 5.92 Å². The van der Waals surface area contributed by atoms with Gasteiger partial charge in [-0.25, -0.2) is 4.79 Å². The molecular formula is C18H27N3O2. The van der Waals surface area contributed by atoms with Crippen molar-refractivity contribution in [2.75, 3.05) is 36.4 Å². The van der Waals surface area contributed by atoms with Crippen LogP contribution in [0.3, 0.4) is 0 Å². The molecule has 0 unspecified atom stereocenters. The standard InChI is InChI=1S/C18H27N3O2/c1-13-10-16(5-6-17(13)19-18(22)23)21-9-7-15(12-21)11-20-8-3-4-14(20)2/h5-6,10,14-15,19H,3-4,7-9,11-12H2,1-2H3,(H,22,23)/t14-,15+/m0/s1. The van der Waals surface area contributed by atoms with Crippen LogP contribution < -0.4 is 10.2 Å². The Labute approximate surface area is 138 Å². The number of carbonyl (C=O) groups is 1. The van der Waals surface area contributed by atoms with Crippen molar-refractivity contribution in [3.8, 4) is 0 Å². The molecule has 1 amide bonds. The summed E-state index contributed by atoms with van der Waals surface area (Å²) in [5, 5.41) is 11.3. The molecule has 2 aliphatic rings. The third-order valence-electron chi connectivity index (χ3n) is 5.29. The Morgan fingerprint density at radius 1 is 1.35 bits per heavy atom. The molecule has 3 rings (SSSR count). The van der Waals surface area contributed by atoms with Crippen molar-refractivity contribution in [1.82, 2.24) is 4.90 Å². The second kappa shape index (κ2) is 6.79. The molecule has 1 aromatic rings. The molecule has 2 saturated heterocycles. The number of hydrogen-bond acceptors (Lipinski definition) is 3. The molecule has 2 aliphatic heterocycles. The summed E-state index contributed by atoms with van der Waals surface area (Å²) in [7, 11) is 0. The molecule has 0 bridgehead atoms. The summed E-state index contributed by atoms with van der Waals surface area (Å²) < 4.78 is 0.